The molecule has 8 nitrogen and oxygen atoms in total. The van der Waals surface area contributed by atoms with Gasteiger partial charge >= 0.3 is 0 Å². The number of benzene rings is 2. The van der Waals surface area contributed by atoms with Crippen LogP contribution in [-0.2, 0) is 14.3 Å². The maximum absolute atomic E-state index is 13.6. The predicted octanol–water partition coefficient (Wildman–Crippen LogP) is 3.00. The number of hydrogen-bond acceptors (Lipinski definition) is 6. The van der Waals surface area contributed by atoms with Crippen LogP contribution in [-0.4, -0.2) is 47.9 Å². The molecule has 1 saturated heterocycles. The number of imide groups is 1. The Kier molecular flexibility index (Phi) is 5.23. The molecule has 0 unspecified atom stereocenters. The minimum absolute atomic E-state index is 0.122. The summed E-state index contributed by atoms with van der Waals surface area (Å²) in [5.41, 5.74) is 0.677. The van der Waals surface area contributed by atoms with Crippen LogP contribution >= 0.6 is 11.6 Å². The number of ether oxygens (including phenoxy) is 1. The second-order valence-corrected chi connectivity index (χ2v) is 7.08. The van der Waals surface area contributed by atoms with E-state index in [1.54, 1.807) is 4.90 Å². The molecule has 10 heteroatoms. The number of amides is 2. The highest BCUT2D eigenvalue weighted by atomic mass is 35.5. The molecule has 0 aliphatic carbocycles. The van der Waals surface area contributed by atoms with Crippen LogP contribution in [0.4, 0.5) is 15.8 Å². The number of halogens is 2. The summed E-state index contributed by atoms with van der Waals surface area (Å²) in [5, 5.41) is 10.7. The second kappa shape index (κ2) is 7.85. The fourth-order valence-corrected chi connectivity index (χ4v) is 3.64. The predicted molar refractivity (Wildman–Crippen MR) is 106 cm³/mol. The van der Waals surface area contributed by atoms with Crippen molar-refractivity contribution in [3.05, 3.63) is 74.7 Å². The van der Waals surface area contributed by atoms with Crippen molar-refractivity contribution in [1.29, 1.82) is 0 Å². The fourth-order valence-electron chi connectivity index (χ4n) is 3.47. The van der Waals surface area contributed by atoms with Crippen LogP contribution in [0, 0.1) is 15.9 Å². The molecule has 0 aromatic heterocycles. The number of non-ortho nitro benzene ring substituents is 1. The molecule has 0 atom stereocenters. The number of morpholine rings is 1. The van der Waals surface area contributed by atoms with E-state index in [1.165, 1.54) is 36.4 Å². The lowest BCUT2D eigenvalue weighted by molar-refractivity contribution is -0.384. The van der Waals surface area contributed by atoms with Crippen molar-refractivity contribution in [3.8, 4) is 0 Å². The molecular formula is C20H15ClFN3O5. The fraction of sp³-hybridized carbons (Fsp3) is 0.200. The molecule has 2 heterocycles. The van der Waals surface area contributed by atoms with E-state index in [0.717, 1.165) is 11.0 Å². The molecule has 2 aliphatic rings. The largest absolute Gasteiger partial charge is 0.378 e. The standard InChI is InChI=1S/C20H15ClFN3O5/c21-15-11-14(5-6-16(15)22)24-19(26)17(12-1-3-13(4-2-12)25(28)29)18(20(24)27)23-7-9-30-10-8-23/h1-6,11H,7-10H2. The first kappa shape index (κ1) is 20.0. The van der Waals surface area contributed by atoms with E-state index in [2.05, 4.69) is 0 Å². The van der Waals surface area contributed by atoms with Gasteiger partial charge in [-0.2, -0.15) is 0 Å². The molecule has 0 saturated carbocycles. The lowest BCUT2D eigenvalue weighted by atomic mass is 10.0. The summed E-state index contributed by atoms with van der Waals surface area (Å²) >= 11 is 5.84. The quantitative estimate of drug-likeness (QED) is 0.419. The van der Waals surface area contributed by atoms with Gasteiger partial charge in [-0.25, -0.2) is 9.29 Å². The Hall–Kier alpha value is -3.30. The van der Waals surface area contributed by atoms with Crippen LogP contribution in [0.3, 0.4) is 0 Å². The van der Waals surface area contributed by atoms with Gasteiger partial charge in [0, 0.05) is 25.2 Å². The average molecular weight is 432 g/mol. The van der Waals surface area contributed by atoms with Crippen LogP contribution in [0.25, 0.3) is 5.57 Å². The SMILES string of the molecule is O=C1C(c2ccc([N+](=O)[O-])cc2)=C(N2CCOCC2)C(=O)N1c1ccc(F)c(Cl)c1. The summed E-state index contributed by atoms with van der Waals surface area (Å²) in [5.74, 6) is -1.85. The third kappa shape index (κ3) is 3.42. The minimum Gasteiger partial charge on any atom is -0.378 e. The van der Waals surface area contributed by atoms with Gasteiger partial charge in [-0.15, -0.1) is 0 Å². The van der Waals surface area contributed by atoms with Gasteiger partial charge in [-0.05, 0) is 35.9 Å². The van der Waals surface area contributed by atoms with Crippen LogP contribution < -0.4 is 4.90 Å². The first-order chi connectivity index (χ1) is 14.4. The Bertz CT molecular complexity index is 1080. The molecule has 0 bridgehead atoms. The smallest absolute Gasteiger partial charge is 0.282 e. The Morgan fingerprint density at radius 2 is 1.70 bits per heavy atom. The summed E-state index contributed by atoms with van der Waals surface area (Å²) in [6.45, 7) is 1.59. The van der Waals surface area contributed by atoms with Crippen LogP contribution in [0.5, 0.6) is 0 Å². The highest BCUT2D eigenvalue weighted by Gasteiger charge is 2.43. The lowest BCUT2D eigenvalue weighted by Crippen LogP contribution is -2.40. The third-order valence-corrected chi connectivity index (χ3v) is 5.20. The van der Waals surface area contributed by atoms with Gasteiger partial charge in [0.15, 0.2) is 0 Å². The summed E-state index contributed by atoms with van der Waals surface area (Å²) in [6, 6.07) is 9.00. The van der Waals surface area contributed by atoms with Gasteiger partial charge < -0.3 is 9.64 Å². The van der Waals surface area contributed by atoms with E-state index in [4.69, 9.17) is 16.3 Å². The second-order valence-electron chi connectivity index (χ2n) is 6.67. The van der Waals surface area contributed by atoms with Gasteiger partial charge in [0.25, 0.3) is 17.5 Å². The van der Waals surface area contributed by atoms with Crippen molar-refractivity contribution < 1.29 is 23.6 Å². The van der Waals surface area contributed by atoms with Crippen molar-refractivity contribution in [2.24, 2.45) is 0 Å². The van der Waals surface area contributed by atoms with E-state index in [9.17, 15) is 24.1 Å². The van der Waals surface area contributed by atoms with E-state index >= 15 is 0 Å². The molecule has 2 aromatic carbocycles. The molecular weight excluding hydrogens is 417 g/mol. The number of carbonyl (C=O) groups excluding carboxylic acids is 2. The number of nitro groups is 1. The normalized spacial score (nSPS) is 17.1. The Morgan fingerprint density at radius 1 is 1.03 bits per heavy atom. The summed E-state index contributed by atoms with van der Waals surface area (Å²) < 4.78 is 18.9. The number of nitrogens with zero attached hydrogens (tertiary/aromatic N) is 3. The Balaban J connectivity index is 1.81. The van der Waals surface area contributed by atoms with Crippen molar-refractivity contribution in [3.63, 3.8) is 0 Å². The van der Waals surface area contributed by atoms with Crippen molar-refractivity contribution in [2.45, 2.75) is 0 Å². The molecule has 2 aliphatic heterocycles. The number of rotatable bonds is 4. The van der Waals surface area contributed by atoms with Crippen molar-refractivity contribution in [2.75, 3.05) is 31.2 Å². The molecule has 0 N–H and O–H groups in total. The van der Waals surface area contributed by atoms with Gasteiger partial charge in [-0.3, -0.25) is 19.7 Å². The van der Waals surface area contributed by atoms with E-state index in [1.807, 2.05) is 0 Å². The number of carbonyl (C=O) groups is 2. The van der Waals surface area contributed by atoms with E-state index in [-0.39, 0.29) is 27.7 Å². The van der Waals surface area contributed by atoms with Gasteiger partial charge in [0.2, 0.25) is 0 Å². The molecule has 0 radical (unpaired) electrons. The first-order valence-corrected chi connectivity index (χ1v) is 9.42. The average Bonchev–Trinajstić information content (AvgIpc) is 3.01. The zero-order chi connectivity index (χ0) is 21.4. The number of anilines is 1. The molecule has 154 valence electrons. The summed E-state index contributed by atoms with van der Waals surface area (Å²) in [7, 11) is 0. The third-order valence-electron chi connectivity index (χ3n) is 4.91. The maximum Gasteiger partial charge on any atom is 0.282 e. The Morgan fingerprint density at radius 3 is 2.30 bits per heavy atom. The first-order valence-electron chi connectivity index (χ1n) is 9.04. The molecule has 1 fully saturated rings. The molecule has 30 heavy (non-hydrogen) atoms. The summed E-state index contributed by atoms with van der Waals surface area (Å²) in [6.07, 6.45) is 0. The molecule has 4 rings (SSSR count). The molecule has 2 amide bonds. The maximum atomic E-state index is 13.6. The molecule has 0 spiro atoms. The van der Waals surface area contributed by atoms with Crippen LogP contribution in [0.1, 0.15) is 5.56 Å². The number of hydrogen-bond donors (Lipinski definition) is 0. The van der Waals surface area contributed by atoms with Gasteiger partial charge in [0.1, 0.15) is 11.5 Å². The van der Waals surface area contributed by atoms with Crippen molar-refractivity contribution >= 4 is 40.4 Å². The Labute approximate surface area is 175 Å². The zero-order valence-corrected chi connectivity index (χ0v) is 16.3. The van der Waals surface area contributed by atoms with Crippen LogP contribution in [0.2, 0.25) is 5.02 Å². The monoisotopic (exact) mass is 431 g/mol. The lowest BCUT2D eigenvalue weighted by Gasteiger charge is -2.29. The molecule has 2 aromatic rings. The van der Waals surface area contributed by atoms with E-state index in [0.29, 0.717) is 31.9 Å². The summed E-state index contributed by atoms with van der Waals surface area (Å²) in [4.78, 5) is 39.7. The number of nitro benzene ring substituents is 1. The van der Waals surface area contributed by atoms with Crippen molar-refractivity contribution in [1.82, 2.24) is 4.90 Å². The topological polar surface area (TPSA) is 93.0 Å². The highest BCUT2D eigenvalue weighted by molar-refractivity contribution is 6.45. The van der Waals surface area contributed by atoms with Gasteiger partial charge in [-0.1, -0.05) is 11.6 Å². The minimum atomic E-state index is -0.670. The highest BCUT2D eigenvalue weighted by Crippen LogP contribution is 2.36. The van der Waals surface area contributed by atoms with Crippen LogP contribution in [0.15, 0.2) is 48.2 Å². The van der Waals surface area contributed by atoms with E-state index < -0.39 is 22.6 Å². The zero-order valence-electron chi connectivity index (χ0n) is 15.5. The van der Waals surface area contributed by atoms with Gasteiger partial charge in [0.05, 0.1) is 34.4 Å².